The summed E-state index contributed by atoms with van der Waals surface area (Å²) in [4.78, 5) is 11.8. The van der Waals surface area contributed by atoms with E-state index in [0.29, 0.717) is 10.7 Å². The summed E-state index contributed by atoms with van der Waals surface area (Å²) in [7, 11) is 0. The lowest BCUT2D eigenvalue weighted by Crippen LogP contribution is -2.31. The van der Waals surface area contributed by atoms with Crippen molar-refractivity contribution in [3.63, 3.8) is 0 Å². The van der Waals surface area contributed by atoms with Gasteiger partial charge in [0.25, 0.3) is 0 Å². The lowest BCUT2D eigenvalue weighted by atomic mass is 10.1. The average molecular weight is 324 g/mol. The molecule has 3 rings (SSSR count). The van der Waals surface area contributed by atoms with Crippen molar-refractivity contribution in [1.82, 2.24) is 0 Å². The number of amides is 2. The Kier molecular flexibility index (Phi) is 4.26. The molecule has 4 nitrogen and oxygen atoms in total. The molecule has 114 valence electrons. The summed E-state index contributed by atoms with van der Waals surface area (Å²) in [5.41, 5.74) is 6.96. The number of benzene rings is 3. The highest BCUT2D eigenvalue weighted by atomic mass is 35.5. The summed E-state index contributed by atoms with van der Waals surface area (Å²) in [6.45, 7) is 0. The number of carbonyl (C=O) groups is 1. The molecule has 2 amide bonds. The van der Waals surface area contributed by atoms with E-state index in [1.807, 2.05) is 54.6 Å². The number of hydrazone groups is 1. The number of carbonyl (C=O) groups excluding carboxylic acids is 1. The van der Waals surface area contributed by atoms with E-state index in [2.05, 4.69) is 5.10 Å². The van der Waals surface area contributed by atoms with Crippen LogP contribution in [0, 0.1) is 0 Å². The van der Waals surface area contributed by atoms with Crippen LogP contribution in [-0.4, -0.2) is 12.2 Å². The van der Waals surface area contributed by atoms with Crippen molar-refractivity contribution in [3.8, 4) is 0 Å². The molecular weight excluding hydrogens is 310 g/mol. The van der Waals surface area contributed by atoms with Crippen LogP contribution in [-0.2, 0) is 0 Å². The third-order valence-electron chi connectivity index (χ3n) is 3.40. The highest BCUT2D eigenvalue weighted by Crippen LogP contribution is 2.26. The Labute approximate surface area is 138 Å². The van der Waals surface area contributed by atoms with Gasteiger partial charge in [0.1, 0.15) is 0 Å². The highest BCUT2D eigenvalue weighted by molar-refractivity contribution is 6.30. The van der Waals surface area contributed by atoms with Crippen molar-refractivity contribution in [1.29, 1.82) is 0 Å². The van der Waals surface area contributed by atoms with Crippen LogP contribution in [0.15, 0.2) is 71.8 Å². The quantitative estimate of drug-likeness (QED) is 0.563. The number of fused-ring (bicyclic) bond motifs is 1. The van der Waals surface area contributed by atoms with E-state index in [1.54, 1.807) is 18.3 Å². The Bertz CT molecular complexity index is 870. The Balaban J connectivity index is 2.01. The van der Waals surface area contributed by atoms with E-state index >= 15 is 0 Å². The maximum Gasteiger partial charge on any atom is 0.340 e. The van der Waals surface area contributed by atoms with Crippen molar-refractivity contribution in [3.05, 3.63) is 77.3 Å². The van der Waals surface area contributed by atoms with Gasteiger partial charge in [0.15, 0.2) is 0 Å². The predicted octanol–water partition coefficient (Wildman–Crippen LogP) is 4.41. The molecule has 0 radical (unpaired) electrons. The first-order chi connectivity index (χ1) is 11.1. The van der Waals surface area contributed by atoms with Gasteiger partial charge in [-0.1, -0.05) is 60.1 Å². The summed E-state index contributed by atoms with van der Waals surface area (Å²) >= 11 is 5.86. The topological polar surface area (TPSA) is 58.7 Å². The lowest BCUT2D eigenvalue weighted by molar-refractivity contribution is 0.254. The standard InChI is InChI=1S/C18H14ClN3O/c19-15-10-8-13(9-11-15)12-21-22(18(20)23)17-7-3-5-14-4-1-2-6-16(14)17/h1-12H,(H2,20,23)/b21-12-. The smallest absolute Gasteiger partial charge is 0.340 e. The third kappa shape index (κ3) is 3.33. The molecule has 2 N–H and O–H groups in total. The van der Waals surface area contributed by atoms with Crippen molar-refractivity contribution in [2.24, 2.45) is 10.8 Å². The fourth-order valence-electron chi connectivity index (χ4n) is 2.30. The second-order valence-corrected chi connectivity index (χ2v) is 5.38. The minimum absolute atomic E-state index is 0.640. The van der Waals surface area contributed by atoms with Crippen LogP contribution in [0.1, 0.15) is 5.56 Å². The van der Waals surface area contributed by atoms with Gasteiger partial charge in [-0.25, -0.2) is 4.79 Å². The van der Waals surface area contributed by atoms with Crippen molar-refractivity contribution >= 4 is 40.3 Å². The summed E-state index contributed by atoms with van der Waals surface area (Å²) in [5.74, 6) is 0. The Hall–Kier alpha value is -2.85. The van der Waals surface area contributed by atoms with E-state index in [1.165, 1.54) is 5.01 Å². The minimum atomic E-state index is -0.647. The minimum Gasteiger partial charge on any atom is -0.350 e. The molecule has 0 atom stereocenters. The average Bonchev–Trinajstić information content (AvgIpc) is 2.56. The monoisotopic (exact) mass is 323 g/mol. The molecule has 3 aromatic rings. The van der Waals surface area contributed by atoms with Crippen LogP contribution >= 0.6 is 11.6 Å². The highest BCUT2D eigenvalue weighted by Gasteiger charge is 2.13. The fraction of sp³-hybridized carbons (Fsp3) is 0. The molecule has 5 heteroatoms. The van der Waals surface area contributed by atoms with Gasteiger partial charge in [0, 0.05) is 10.4 Å². The SMILES string of the molecule is NC(=O)N(/N=C\c1ccc(Cl)cc1)c1cccc2ccccc12. The first-order valence-corrected chi connectivity index (χ1v) is 7.40. The predicted molar refractivity (Wildman–Crippen MR) is 95.1 cm³/mol. The molecule has 0 aliphatic rings. The van der Waals surface area contributed by atoms with Gasteiger partial charge in [-0.2, -0.15) is 10.1 Å². The van der Waals surface area contributed by atoms with Gasteiger partial charge in [-0.15, -0.1) is 0 Å². The molecule has 0 aliphatic carbocycles. The normalized spacial score (nSPS) is 11.0. The van der Waals surface area contributed by atoms with Gasteiger partial charge in [0.2, 0.25) is 0 Å². The number of nitrogens with two attached hydrogens (primary N) is 1. The molecule has 0 heterocycles. The molecule has 0 aromatic heterocycles. The molecule has 0 saturated carbocycles. The number of primary amides is 1. The van der Waals surface area contributed by atoms with Crippen LogP contribution < -0.4 is 10.7 Å². The Morgan fingerprint density at radius 2 is 1.70 bits per heavy atom. The maximum absolute atomic E-state index is 11.8. The van der Waals surface area contributed by atoms with E-state index < -0.39 is 6.03 Å². The molecule has 0 spiro atoms. The molecular formula is C18H14ClN3O. The second-order valence-electron chi connectivity index (χ2n) is 4.94. The maximum atomic E-state index is 11.8. The van der Waals surface area contributed by atoms with Crippen molar-refractivity contribution in [2.75, 3.05) is 5.01 Å². The number of hydrogen-bond donors (Lipinski definition) is 1. The van der Waals surface area contributed by atoms with Gasteiger partial charge >= 0.3 is 6.03 Å². The number of rotatable bonds is 3. The number of hydrogen-bond acceptors (Lipinski definition) is 2. The number of anilines is 1. The first kappa shape index (κ1) is 15.1. The van der Waals surface area contributed by atoms with Crippen LogP contribution in [0.25, 0.3) is 10.8 Å². The van der Waals surface area contributed by atoms with E-state index in [0.717, 1.165) is 16.3 Å². The molecule has 0 bridgehead atoms. The fourth-order valence-corrected chi connectivity index (χ4v) is 2.43. The van der Waals surface area contributed by atoms with Crippen molar-refractivity contribution in [2.45, 2.75) is 0 Å². The second kappa shape index (κ2) is 6.50. The van der Waals surface area contributed by atoms with Gasteiger partial charge < -0.3 is 5.73 Å². The van der Waals surface area contributed by atoms with Crippen LogP contribution in [0.3, 0.4) is 0 Å². The summed E-state index contributed by atoms with van der Waals surface area (Å²) in [6, 6.07) is 19.9. The zero-order chi connectivity index (χ0) is 16.2. The largest absolute Gasteiger partial charge is 0.350 e. The van der Waals surface area contributed by atoms with Gasteiger partial charge in [-0.3, -0.25) is 0 Å². The zero-order valence-corrected chi connectivity index (χ0v) is 12.9. The van der Waals surface area contributed by atoms with Crippen LogP contribution in [0.4, 0.5) is 10.5 Å². The van der Waals surface area contributed by atoms with E-state index in [-0.39, 0.29) is 0 Å². The number of urea groups is 1. The lowest BCUT2D eigenvalue weighted by Gasteiger charge is -2.16. The molecule has 0 fully saturated rings. The molecule has 3 aromatic carbocycles. The molecule has 0 unspecified atom stereocenters. The zero-order valence-electron chi connectivity index (χ0n) is 12.2. The first-order valence-electron chi connectivity index (χ1n) is 7.02. The summed E-state index contributed by atoms with van der Waals surface area (Å²) < 4.78 is 0. The van der Waals surface area contributed by atoms with Crippen LogP contribution in [0.2, 0.25) is 5.02 Å². The third-order valence-corrected chi connectivity index (χ3v) is 3.65. The Morgan fingerprint density at radius 3 is 2.43 bits per heavy atom. The molecule has 0 aliphatic heterocycles. The Morgan fingerprint density at radius 1 is 1.00 bits per heavy atom. The van der Waals surface area contributed by atoms with Gasteiger partial charge in [-0.05, 0) is 29.1 Å². The number of halogens is 1. The van der Waals surface area contributed by atoms with Crippen molar-refractivity contribution < 1.29 is 4.79 Å². The van der Waals surface area contributed by atoms with Crippen LogP contribution in [0.5, 0.6) is 0 Å². The summed E-state index contributed by atoms with van der Waals surface area (Å²) in [6.07, 6.45) is 1.57. The number of nitrogens with zero attached hydrogens (tertiary/aromatic N) is 2. The molecule has 0 saturated heterocycles. The van der Waals surface area contributed by atoms with E-state index in [9.17, 15) is 4.79 Å². The summed E-state index contributed by atoms with van der Waals surface area (Å²) in [5, 5.41) is 7.98. The molecule has 23 heavy (non-hydrogen) atoms. The van der Waals surface area contributed by atoms with E-state index in [4.69, 9.17) is 17.3 Å². The van der Waals surface area contributed by atoms with Gasteiger partial charge in [0.05, 0.1) is 11.9 Å².